The lowest BCUT2D eigenvalue weighted by molar-refractivity contribution is 0.623. The number of nitrogens with two attached hydrogens (primary N) is 1. The van der Waals surface area contributed by atoms with Gasteiger partial charge < -0.3 is 5.73 Å². The molecule has 0 bridgehead atoms. The molecular formula is C6H7N5. The molecule has 5 heteroatoms. The van der Waals surface area contributed by atoms with Gasteiger partial charge in [-0.15, -0.1) is 0 Å². The van der Waals surface area contributed by atoms with Crippen molar-refractivity contribution in [3.05, 3.63) is 12.3 Å². The van der Waals surface area contributed by atoms with Crippen molar-refractivity contribution in [1.29, 1.82) is 0 Å². The third-order valence-corrected chi connectivity index (χ3v) is 1.58. The highest BCUT2D eigenvalue weighted by Crippen LogP contribution is 2.11. The molecule has 0 spiro atoms. The zero-order valence-electron chi connectivity index (χ0n) is 5.75. The van der Waals surface area contributed by atoms with E-state index in [0.717, 1.165) is 5.71 Å². The van der Waals surface area contributed by atoms with Gasteiger partial charge in [-0.1, -0.05) is 0 Å². The van der Waals surface area contributed by atoms with Gasteiger partial charge >= 0.3 is 0 Å². The van der Waals surface area contributed by atoms with Crippen LogP contribution in [0.15, 0.2) is 32.5 Å². The Labute approximate surface area is 63.4 Å². The first-order valence-electron chi connectivity index (χ1n) is 3.29. The van der Waals surface area contributed by atoms with Crippen LogP contribution in [0.4, 0.5) is 0 Å². The second-order valence-corrected chi connectivity index (χ2v) is 2.30. The Balaban J connectivity index is 2.35. The van der Waals surface area contributed by atoms with Crippen LogP contribution in [0.3, 0.4) is 0 Å². The average Bonchev–Trinajstić information content (AvgIpc) is 2.06. The molecule has 2 N–H and O–H groups in total. The fraction of sp³-hybridized carbons (Fsp3) is 0.333. The predicted octanol–water partition coefficient (Wildman–Crippen LogP) is 0.102. The fourth-order valence-corrected chi connectivity index (χ4v) is 0.999. The van der Waals surface area contributed by atoms with E-state index in [1.807, 2.05) is 0 Å². The molecular weight excluding hydrogens is 142 g/mol. The van der Waals surface area contributed by atoms with Crippen LogP contribution >= 0.6 is 0 Å². The summed E-state index contributed by atoms with van der Waals surface area (Å²) in [4.78, 5) is 7.90. The summed E-state index contributed by atoms with van der Waals surface area (Å²) in [5, 5.41) is 7.62. The Hall–Kier alpha value is -1.36. The molecule has 0 saturated carbocycles. The summed E-state index contributed by atoms with van der Waals surface area (Å²) in [6.45, 7) is 0. The highest BCUT2D eigenvalue weighted by Gasteiger charge is 2.24. The summed E-state index contributed by atoms with van der Waals surface area (Å²) >= 11 is 0. The molecule has 11 heavy (non-hydrogen) atoms. The zero-order chi connectivity index (χ0) is 7.68. The van der Waals surface area contributed by atoms with Gasteiger partial charge in [0.1, 0.15) is 18.5 Å². The molecule has 0 aliphatic carbocycles. The fourth-order valence-electron chi connectivity index (χ4n) is 0.999. The molecule has 2 atom stereocenters. The first-order chi connectivity index (χ1) is 5.38. The second-order valence-electron chi connectivity index (χ2n) is 2.30. The molecule has 0 aromatic rings. The van der Waals surface area contributed by atoms with Gasteiger partial charge in [0, 0.05) is 0 Å². The summed E-state index contributed by atoms with van der Waals surface area (Å²) in [6.07, 6.45) is 4.53. The molecule has 5 nitrogen and oxygen atoms in total. The number of aliphatic imine (C=N–C) groups is 2. The van der Waals surface area contributed by atoms with Crippen LogP contribution in [0.5, 0.6) is 0 Å². The van der Waals surface area contributed by atoms with E-state index in [0.29, 0.717) is 0 Å². The van der Waals surface area contributed by atoms with E-state index < -0.39 is 0 Å². The van der Waals surface area contributed by atoms with E-state index >= 15 is 0 Å². The van der Waals surface area contributed by atoms with E-state index in [2.05, 4.69) is 20.2 Å². The Kier molecular flexibility index (Phi) is 1.36. The van der Waals surface area contributed by atoms with Crippen molar-refractivity contribution in [3.63, 3.8) is 0 Å². The number of fused-ring (bicyclic) bond motifs is 1. The SMILES string of the molecule is N[C@@H]1N=CN=C2C=CN=N[C@H]21. The normalized spacial score (nSPS) is 33.4. The van der Waals surface area contributed by atoms with Gasteiger partial charge in [-0.05, 0) is 6.08 Å². The van der Waals surface area contributed by atoms with Gasteiger partial charge in [0.25, 0.3) is 0 Å². The Bertz CT molecular complexity index is 275. The van der Waals surface area contributed by atoms with E-state index in [4.69, 9.17) is 5.73 Å². The maximum absolute atomic E-state index is 5.62. The Morgan fingerprint density at radius 1 is 1.45 bits per heavy atom. The lowest BCUT2D eigenvalue weighted by Gasteiger charge is -2.19. The highest BCUT2D eigenvalue weighted by molar-refractivity contribution is 6.05. The standard InChI is InChI=1S/C6H7N5/c7-6-5-4(8-3-9-6)1-2-10-11-5/h1-3,5-6H,7H2/t5-,6-/m1/s1. The quantitative estimate of drug-likeness (QED) is 0.521. The van der Waals surface area contributed by atoms with E-state index in [-0.39, 0.29) is 12.2 Å². The van der Waals surface area contributed by atoms with Crippen molar-refractivity contribution >= 4 is 12.1 Å². The summed E-state index contributed by atoms with van der Waals surface area (Å²) < 4.78 is 0. The third kappa shape index (κ3) is 0.988. The van der Waals surface area contributed by atoms with Crippen molar-refractivity contribution < 1.29 is 0 Å². The molecule has 2 aliphatic heterocycles. The number of rotatable bonds is 0. The van der Waals surface area contributed by atoms with Crippen LogP contribution in [0.25, 0.3) is 0 Å². The first-order valence-corrected chi connectivity index (χ1v) is 3.29. The van der Waals surface area contributed by atoms with Gasteiger partial charge in [-0.25, -0.2) is 4.99 Å². The molecule has 0 saturated heterocycles. The highest BCUT2D eigenvalue weighted by atomic mass is 15.2. The first kappa shape index (κ1) is 6.36. The molecule has 2 aliphatic rings. The summed E-state index contributed by atoms with van der Waals surface area (Å²) in [5.74, 6) is 0. The molecule has 0 unspecified atom stereocenters. The molecule has 2 rings (SSSR count). The monoisotopic (exact) mass is 149 g/mol. The lowest BCUT2D eigenvalue weighted by Crippen LogP contribution is -2.39. The van der Waals surface area contributed by atoms with Crippen LogP contribution in [0.2, 0.25) is 0 Å². The topological polar surface area (TPSA) is 75.5 Å². The largest absolute Gasteiger partial charge is 0.307 e. The van der Waals surface area contributed by atoms with Crippen molar-refractivity contribution in [1.82, 2.24) is 0 Å². The third-order valence-electron chi connectivity index (χ3n) is 1.58. The van der Waals surface area contributed by atoms with Gasteiger partial charge in [0.2, 0.25) is 0 Å². The van der Waals surface area contributed by atoms with Crippen molar-refractivity contribution in [2.75, 3.05) is 0 Å². The number of hydrogen-bond acceptors (Lipinski definition) is 5. The summed E-state index contributed by atoms with van der Waals surface area (Å²) in [5.41, 5.74) is 6.46. The minimum Gasteiger partial charge on any atom is -0.307 e. The van der Waals surface area contributed by atoms with E-state index in [1.165, 1.54) is 6.34 Å². The molecule has 0 aromatic heterocycles. The lowest BCUT2D eigenvalue weighted by atomic mass is 10.1. The molecule has 0 aromatic carbocycles. The van der Waals surface area contributed by atoms with Crippen LogP contribution in [0.1, 0.15) is 0 Å². The van der Waals surface area contributed by atoms with Gasteiger partial charge in [0.05, 0.1) is 11.9 Å². The molecule has 0 fully saturated rings. The van der Waals surface area contributed by atoms with E-state index in [9.17, 15) is 0 Å². The van der Waals surface area contributed by atoms with Crippen molar-refractivity contribution in [2.45, 2.75) is 12.2 Å². The molecule has 56 valence electrons. The van der Waals surface area contributed by atoms with Crippen LogP contribution in [0, 0.1) is 0 Å². The van der Waals surface area contributed by atoms with Crippen molar-refractivity contribution in [3.8, 4) is 0 Å². The minimum absolute atomic E-state index is 0.176. The van der Waals surface area contributed by atoms with Crippen LogP contribution in [-0.4, -0.2) is 24.3 Å². The second kappa shape index (κ2) is 2.35. The minimum atomic E-state index is -0.323. The molecule has 2 heterocycles. The maximum Gasteiger partial charge on any atom is 0.148 e. The molecule has 0 amide bonds. The van der Waals surface area contributed by atoms with Gasteiger partial charge in [-0.2, -0.15) is 10.2 Å². The zero-order valence-corrected chi connectivity index (χ0v) is 5.75. The predicted molar refractivity (Wildman–Crippen MR) is 41.7 cm³/mol. The molecule has 0 radical (unpaired) electrons. The average molecular weight is 149 g/mol. The van der Waals surface area contributed by atoms with Crippen LogP contribution < -0.4 is 5.73 Å². The Morgan fingerprint density at radius 3 is 3.18 bits per heavy atom. The van der Waals surface area contributed by atoms with Gasteiger partial charge in [-0.3, -0.25) is 4.99 Å². The number of azo groups is 1. The number of nitrogens with zero attached hydrogens (tertiary/aromatic N) is 4. The Morgan fingerprint density at radius 2 is 2.36 bits per heavy atom. The summed E-state index contributed by atoms with van der Waals surface area (Å²) in [6, 6.07) is -0.176. The van der Waals surface area contributed by atoms with E-state index in [1.54, 1.807) is 12.3 Å². The van der Waals surface area contributed by atoms with Gasteiger partial charge in [0.15, 0.2) is 0 Å². The van der Waals surface area contributed by atoms with Crippen LogP contribution in [-0.2, 0) is 0 Å². The van der Waals surface area contributed by atoms with Crippen molar-refractivity contribution in [2.24, 2.45) is 25.9 Å². The number of hydrogen-bond donors (Lipinski definition) is 1. The smallest absolute Gasteiger partial charge is 0.148 e. The maximum atomic E-state index is 5.62. The summed E-state index contributed by atoms with van der Waals surface area (Å²) in [7, 11) is 0.